The molecule has 0 aliphatic carbocycles. The molecule has 0 spiro atoms. The molecule has 0 fully saturated rings. The molecule has 0 N–H and O–H groups in total. The molecule has 0 aromatic rings. The van der Waals surface area contributed by atoms with Crippen LogP contribution in [0.25, 0.3) is 0 Å². The van der Waals surface area contributed by atoms with Crippen molar-refractivity contribution < 1.29 is 7.87 Å². The quantitative estimate of drug-likeness (QED) is 0.331. The number of rotatable bonds is 10. The molecule has 0 unspecified atom stereocenters. The maximum atomic E-state index is 11.3. The average molecular weight is 346 g/mol. The van der Waals surface area contributed by atoms with Crippen molar-refractivity contribution >= 4 is 26.0 Å². The summed E-state index contributed by atoms with van der Waals surface area (Å²) >= 11 is -1.70. The van der Waals surface area contributed by atoms with Crippen molar-refractivity contribution in [3.05, 3.63) is 11.8 Å². The second-order valence-corrected chi connectivity index (χ2v) is 10.9. The van der Waals surface area contributed by atoms with E-state index in [9.17, 15) is 4.79 Å². The predicted octanol–water partition coefficient (Wildman–Crippen LogP) is 4.48. The van der Waals surface area contributed by atoms with E-state index in [2.05, 4.69) is 13.8 Å². The standard InChI is InChI=1S/C6H10O2.2C4H9.Sn/c1-3-6(8)4-5(2)7;2*1-3-4-2;/h4,7H,3H2,1-2H3;2*1,3-4H2,2H3;/q;;;+1/p-1/b5-4-;;;. The summed E-state index contributed by atoms with van der Waals surface area (Å²) in [5.41, 5.74) is 0. The molecule has 3 heteroatoms. The van der Waals surface area contributed by atoms with Gasteiger partial charge in [0.25, 0.3) is 0 Å². The van der Waals surface area contributed by atoms with Crippen LogP contribution < -0.4 is 0 Å². The fourth-order valence-corrected chi connectivity index (χ4v) is 8.59. The van der Waals surface area contributed by atoms with Gasteiger partial charge in [-0.3, -0.25) is 0 Å². The summed E-state index contributed by atoms with van der Waals surface area (Å²) in [4.78, 5) is 11.3. The Morgan fingerprint density at radius 2 is 1.65 bits per heavy atom. The molecule has 0 aliphatic rings. The van der Waals surface area contributed by atoms with Crippen LogP contribution in [0.2, 0.25) is 8.87 Å². The SMILES string of the molecule is CCC[CH2][Sn]([CH2]CCC)[O]/C(C)=C\C(=O)CC. The van der Waals surface area contributed by atoms with Crippen molar-refractivity contribution in [1.82, 2.24) is 0 Å². The van der Waals surface area contributed by atoms with E-state index in [4.69, 9.17) is 3.07 Å². The molecule has 0 amide bonds. The van der Waals surface area contributed by atoms with Gasteiger partial charge < -0.3 is 0 Å². The summed E-state index contributed by atoms with van der Waals surface area (Å²) < 4.78 is 8.66. The van der Waals surface area contributed by atoms with Crippen LogP contribution >= 0.6 is 0 Å². The number of allylic oxidation sites excluding steroid dienone is 2. The molecule has 0 saturated heterocycles. The van der Waals surface area contributed by atoms with Crippen LogP contribution in [-0.2, 0) is 7.87 Å². The second kappa shape index (κ2) is 11.1. The van der Waals surface area contributed by atoms with Gasteiger partial charge in [0.1, 0.15) is 0 Å². The molecule has 0 aliphatic heterocycles. The number of carbonyl (C=O) groups is 1. The van der Waals surface area contributed by atoms with Crippen LogP contribution in [0.5, 0.6) is 0 Å². The molecule has 99 valence electrons. The first-order valence-corrected chi connectivity index (χ1v) is 12.1. The van der Waals surface area contributed by atoms with Gasteiger partial charge in [-0.25, -0.2) is 0 Å². The van der Waals surface area contributed by atoms with E-state index in [-0.39, 0.29) is 5.78 Å². The maximum absolute atomic E-state index is 11.3. The third-order valence-electron chi connectivity index (χ3n) is 2.64. The molecule has 0 rings (SSSR count). The molecule has 17 heavy (non-hydrogen) atoms. The fourth-order valence-electron chi connectivity index (χ4n) is 1.56. The zero-order valence-electron chi connectivity index (χ0n) is 11.8. The van der Waals surface area contributed by atoms with Crippen molar-refractivity contribution in [2.75, 3.05) is 0 Å². The van der Waals surface area contributed by atoms with E-state index in [1.165, 1.54) is 34.6 Å². The van der Waals surface area contributed by atoms with E-state index < -0.39 is 20.2 Å². The topological polar surface area (TPSA) is 26.3 Å². The zero-order valence-corrected chi connectivity index (χ0v) is 14.7. The number of hydrogen-bond donors (Lipinski definition) is 0. The molecule has 0 saturated carbocycles. The van der Waals surface area contributed by atoms with Crippen molar-refractivity contribution in [3.8, 4) is 0 Å². The summed E-state index contributed by atoms with van der Waals surface area (Å²) in [6.45, 7) is 8.28. The molecule has 0 aromatic heterocycles. The fraction of sp³-hybridized carbons (Fsp3) is 0.786. The van der Waals surface area contributed by atoms with E-state index in [1.54, 1.807) is 6.08 Å². The molecular formula is C14H27O2Sn. The van der Waals surface area contributed by atoms with Gasteiger partial charge in [-0.1, -0.05) is 0 Å². The van der Waals surface area contributed by atoms with Crippen LogP contribution in [-0.4, -0.2) is 26.0 Å². The molecule has 2 nitrogen and oxygen atoms in total. The van der Waals surface area contributed by atoms with Gasteiger partial charge in [-0.2, -0.15) is 0 Å². The first-order valence-electron chi connectivity index (χ1n) is 6.87. The van der Waals surface area contributed by atoms with Crippen molar-refractivity contribution in [1.29, 1.82) is 0 Å². The van der Waals surface area contributed by atoms with Gasteiger partial charge in [0.05, 0.1) is 0 Å². The normalized spacial score (nSPS) is 11.9. The van der Waals surface area contributed by atoms with Crippen molar-refractivity contribution in [3.63, 3.8) is 0 Å². The minimum absolute atomic E-state index is 0.177. The Bertz CT molecular complexity index is 228. The third kappa shape index (κ3) is 9.69. The Morgan fingerprint density at radius 1 is 1.12 bits per heavy atom. The Hall–Kier alpha value is 0.00870. The van der Waals surface area contributed by atoms with Gasteiger partial charge >= 0.3 is 114 Å². The summed E-state index contributed by atoms with van der Waals surface area (Å²) in [7, 11) is 0. The van der Waals surface area contributed by atoms with E-state index in [0.29, 0.717) is 6.42 Å². The van der Waals surface area contributed by atoms with Crippen molar-refractivity contribution in [2.24, 2.45) is 0 Å². The summed E-state index contributed by atoms with van der Waals surface area (Å²) in [5.74, 6) is 1.04. The first kappa shape index (κ1) is 17.0. The third-order valence-corrected chi connectivity index (χ3v) is 9.58. The van der Waals surface area contributed by atoms with Crippen LogP contribution in [0.1, 0.15) is 59.8 Å². The van der Waals surface area contributed by atoms with E-state index >= 15 is 0 Å². The first-order chi connectivity index (χ1) is 8.13. The number of ketones is 1. The Labute approximate surface area is 114 Å². The van der Waals surface area contributed by atoms with Crippen LogP contribution in [0, 0.1) is 0 Å². The number of hydrogen-bond acceptors (Lipinski definition) is 2. The monoisotopic (exact) mass is 347 g/mol. The number of unbranched alkanes of at least 4 members (excludes halogenated alkanes) is 2. The average Bonchev–Trinajstić information content (AvgIpc) is 2.32. The summed E-state index contributed by atoms with van der Waals surface area (Å²) in [6, 6.07) is 0. The van der Waals surface area contributed by atoms with Crippen LogP contribution in [0.3, 0.4) is 0 Å². The van der Waals surface area contributed by atoms with Crippen LogP contribution in [0.15, 0.2) is 11.8 Å². The molecular weight excluding hydrogens is 319 g/mol. The Kier molecular flexibility index (Phi) is 11.1. The van der Waals surface area contributed by atoms with Crippen molar-refractivity contribution in [2.45, 2.75) is 68.7 Å². The van der Waals surface area contributed by atoms with E-state index in [0.717, 1.165) is 5.76 Å². The summed E-state index contributed by atoms with van der Waals surface area (Å²) in [5, 5.41) is 0. The van der Waals surface area contributed by atoms with Gasteiger partial charge in [0.15, 0.2) is 0 Å². The molecule has 0 atom stereocenters. The predicted molar refractivity (Wildman–Crippen MR) is 75.3 cm³/mol. The van der Waals surface area contributed by atoms with Gasteiger partial charge in [-0.05, 0) is 0 Å². The number of carbonyl (C=O) groups excluding carboxylic acids is 1. The van der Waals surface area contributed by atoms with Gasteiger partial charge in [0.2, 0.25) is 0 Å². The molecule has 0 aromatic carbocycles. The molecule has 0 heterocycles. The summed E-state index contributed by atoms with van der Waals surface area (Å²) in [6.07, 6.45) is 7.31. The Balaban J connectivity index is 4.19. The zero-order chi connectivity index (χ0) is 13.1. The molecule has 0 bridgehead atoms. The van der Waals surface area contributed by atoms with Crippen LogP contribution in [0.4, 0.5) is 0 Å². The second-order valence-electron chi connectivity index (χ2n) is 4.42. The van der Waals surface area contributed by atoms with Gasteiger partial charge in [-0.15, -0.1) is 0 Å². The van der Waals surface area contributed by atoms with E-state index in [1.807, 2.05) is 13.8 Å². The Morgan fingerprint density at radius 3 is 2.06 bits per heavy atom. The molecule has 1 radical (unpaired) electrons. The minimum atomic E-state index is -1.70. The van der Waals surface area contributed by atoms with Gasteiger partial charge in [0, 0.05) is 0 Å².